The van der Waals surface area contributed by atoms with Crippen molar-refractivity contribution in [3.8, 4) is 0 Å². The minimum absolute atomic E-state index is 0.351. The molecule has 0 aliphatic heterocycles. The van der Waals surface area contributed by atoms with Crippen LogP contribution in [0.1, 0.15) is 52.9 Å². The highest BCUT2D eigenvalue weighted by molar-refractivity contribution is 7.90. The van der Waals surface area contributed by atoms with Gasteiger partial charge < -0.3 is 5.32 Å². The van der Waals surface area contributed by atoms with Gasteiger partial charge in [-0.05, 0) is 68.9 Å². The summed E-state index contributed by atoms with van der Waals surface area (Å²) in [5.41, 5.74) is 0. The van der Waals surface area contributed by atoms with Gasteiger partial charge in [0.1, 0.15) is 9.84 Å². The molecule has 3 nitrogen and oxygen atoms in total. The van der Waals surface area contributed by atoms with E-state index >= 15 is 0 Å². The summed E-state index contributed by atoms with van der Waals surface area (Å²) in [5.74, 6) is 3.38. The van der Waals surface area contributed by atoms with Crippen LogP contribution in [-0.2, 0) is 9.84 Å². The molecule has 1 fully saturated rings. The largest absolute Gasteiger partial charge is 0.317 e. The predicted octanol–water partition coefficient (Wildman–Crippen LogP) is 3.11. The van der Waals surface area contributed by atoms with Gasteiger partial charge in [-0.25, -0.2) is 8.42 Å². The third-order valence-corrected chi connectivity index (χ3v) is 5.90. The Kier molecular flexibility index (Phi) is 7.52. The number of rotatable bonds is 8. The van der Waals surface area contributed by atoms with Crippen LogP contribution < -0.4 is 5.32 Å². The van der Waals surface area contributed by atoms with Gasteiger partial charge in [0.05, 0.1) is 0 Å². The second kappa shape index (κ2) is 8.38. The van der Waals surface area contributed by atoms with Crippen LogP contribution >= 0.6 is 0 Å². The lowest BCUT2D eigenvalue weighted by Gasteiger charge is -2.38. The van der Waals surface area contributed by atoms with Crippen molar-refractivity contribution in [1.82, 2.24) is 5.32 Å². The molecule has 3 atom stereocenters. The Morgan fingerprint density at radius 3 is 2.45 bits per heavy atom. The van der Waals surface area contributed by atoms with E-state index in [0.29, 0.717) is 11.7 Å². The summed E-state index contributed by atoms with van der Waals surface area (Å²) < 4.78 is 22.6. The highest BCUT2D eigenvalue weighted by Gasteiger charge is 2.31. The first-order valence-electron chi connectivity index (χ1n) is 8.22. The van der Waals surface area contributed by atoms with E-state index in [4.69, 9.17) is 0 Å². The molecule has 0 amide bonds. The van der Waals surface area contributed by atoms with E-state index in [-0.39, 0.29) is 0 Å². The zero-order valence-electron chi connectivity index (χ0n) is 13.7. The van der Waals surface area contributed by atoms with Crippen LogP contribution in [0.3, 0.4) is 0 Å². The molecular weight excluding hydrogens is 270 g/mol. The zero-order valence-corrected chi connectivity index (χ0v) is 14.5. The second-order valence-electron chi connectivity index (χ2n) is 6.92. The number of sulfone groups is 1. The fourth-order valence-corrected chi connectivity index (χ4v) is 4.22. The normalized spacial score (nSPS) is 27.9. The Labute approximate surface area is 125 Å². The smallest absolute Gasteiger partial charge is 0.147 e. The third-order valence-electron chi connectivity index (χ3n) is 4.87. The molecule has 1 rings (SSSR count). The van der Waals surface area contributed by atoms with Gasteiger partial charge in [0, 0.05) is 12.0 Å². The molecule has 4 heteroatoms. The van der Waals surface area contributed by atoms with E-state index in [0.717, 1.165) is 43.7 Å². The van der Waals surface area contributed by atoms with E-state index in [9.17, 15) is 8.42 Å². The highest BCUT2D eigenvalue weighted by atomic mass is 32.2. The van der Waals surface area contributed by atoms with Gasteiger partial charge in [0.25, 0.3) is 0 Å². The van der Waals surface area contributed by atoms with Gasteiger partial charge in [0.2, 0.25) is 0 Å². The molecule has 0 aromatic rings. The molecule has 1 saturated carbocycles. The van der Waals surface area contributed by atoms with E-state index in [1.165, 1.54) is 25.5 Å². The standard InChI is InChI=1S/C16H33NO2S/c1-5-17-12-16-9-8-14(13(2)3)11-15(16)7-6-10-20(4,18)19/h13-17H,5-12H2,1-4H3. The first-order chi connectivity index (χ1) is 9.33. The molecule has 0 heterocycles. The third kappa shape index (κ3) is 6.57. The van der Waals surface area contributed by atoms with E-state index < -0.39 is 9.84 Å². The Morgan fingerprint density at radius 1 is 1.20 bits per heavy atom. The lowest BCUT2D eigenvalue weighted by atomic mass is 9.69. The number of nitrogens with one attached hydrogen (secondary N) is 1. The van der Waals surface area contributed by atoms with Gasteiger partial charge in [-0.1, -0.05) is 20.8 Å². The molecule has 120 valence electrons. The molecule has 3 unspecified atom stereocenters. The minimum atomic E-state index is -2.80. The molecule has 1 aliphatic carbocycles. The quantitative estimate of drug-likeness (QED) is 0.749. The maximum atomic E-state index is 11.3. The van der Waals surface area contributed by atoms with Gasteiger partial charge in [0.15, 0.2) is 0 Å². The Balaban J connectivity index is 2.52. The predicted molar refractivity (Wildman–Crippen MR) is 86.6 cm³/mol. The first-order valence-corrected chi connectivity index (χ1v) is 10.3. The second-order valence-corrected chi connectivity index (χ2v) is 9.18. The Bertz CT molecular complexity index is 365. The van der Waals surface area contributed by atoms with E-state index in [1.807, 2.05) is 0 Å². The first kappa shape index (κ1) is 18.0. The molecule has 0 spiro atoms. The lowest BCUT2D eigenvalue weighted by molar-refractivity contribution is 0.137. The van der Waals surface area contributed by atoms with Crippen LogP contribution in [0.4, 0.5) is 0 Å². The molecule has 0 radical (unpaired) electrons. The summed E-state index contributed by atoms with van der Waals surface area (Å²) in [5, 5.41) is 3.48. The summed E-state index contributed by atoms with van der Waals surface area (Å²) in [7, 11) is -2.80. The van der Waals surface area contributed by atoms with Gasteiger partial charge in [-0.15, -0.1) is 0 Å². The summed E-state index contributed by atoms with van der Waals surface area (Å²) in [6, 6.07) is 0. The van der Waals surface area contributed by atoms with Crippen molar-refractivity contribution in [3.05, 3.63) is 0 Å². The molecule has 0 saturated heterocycles. The van der Waals surface area contributed by atoms with Crippen LogP contribution in [0.25, 0.3) is 0 Å². The van der Waals surface area contributed by atoms with Crippen molar-refractivity contribution >= 4 is 9.84 Å². The van der Waals surface area contributed by atoms with Crippen LogP contribution in [0.15, 0.2) is 0 Å². The zero-order chi connectivity index (χ0) is 15.2. The Hall–Kier alpha value is -0.0900. The van der Waals surface area contributed by atoms with E-state index in [1.54, 1.807) is 0 Å². The number of hydrogen-bond donors (Lipinski definition) is 1. The Morgan fingerprint density at radius 2 is 1.90 bits per heavy atom. The van der Waals surface area contributed by atoms with Crippen molar-refractivity contribution in [2.75, 3.05) is 25.1 Å². The monoisotopic (exact) mass is 303 g/mol. The highest BCUT2D eigenvalue weighted by Crippen LogP contribution is 2.39. The fourth-order valence-electron chi connectivity index (χ4n) is 3.53. The maximum Gasteiger partial charge on any atom is 0.147 e. The topological polar surface area (TPSA) is 46.2 Å². The van der Waals surface area contributed by atoms with Crippen molar-refractivity contribution in [3.63, 3.8) is 0 Å². The summed E-state index contributed by atoms with van der Waals surface area (Å²) >= 11 is 0. The van der Waals surface area contributed by atoms with Gasteiger partial charge in [-0.3, -0.25) is 0 Å². The van der Waals surface area contributed by atoms with Crippen LogP contribution in [0, 0.1) is 23.7 Å². The minimum Gasteiger partial charge on any atom is -0.317 e. The van der Waals surface area contributed by atoms with E-state index in [2.05, 4.69) is 26.1 Å². The van der Waals surface area contributed by atoms with Gasteiger partial charge >= 0.3 is 0 Å². The molecule has 1 N–H and O–H groups in total. The average molecular weight is 304 g/mol. The van der Waals surface area contributed by atoms with Crippen LogP contribution in [-0.4, -0.2) is 33.5 Å². The summed E-state index contributed by atoms with van der Waals surface area (Å²) in [6.45, 7) is 8.93. The van der Waals surface area contributed by atoms with Crippen molar-refractivity contribution in [1.29, 1.82) is 0 Å². The molecule has 20 heavy (non-hydrogen) atoms. The maximum absolute atomic E-state index is 11.3. The molecule has 0 bridgehead atoms. The molecule has 1 aliphatic rings. The number of hydrogen-bond acceptors (Lipinski definition) is 3. The average Bonchev–Trinajstić information content (AvgIpc) is 2.35. The SMILES string of the molecule is CCNCC1CCC(C(C)C)CC1CCCS(C)(=O)=O. The molecule has 0 aromatic carbocycles. The van der Waals surface area contributed by atoms with Crippen LogP contribution in [0.2, 0.25) is 0 Å². The van der Waals surface area contributed by atoms with Crippen molar-refractivity contribution < 1.29 is 8.42 Å². The fraction of sp³-hybridized carbons (Fsp3) is 1.00. The summed E-state index contributed by atoms with van der Waals surface area (Å²) in [6.07, 6.45) is 7.19. The molecule has 0 aromatic heterocycles. The van der Waals surface area contributed by atoms with Crippen LogP contribution in [0.5, 0.6) is 0 Å². The van der Waals surface area contributed by atoms with Crippen molar-refractivity contribution in [2.45, 2.75) is 52.9 Å². The van der Waals surface area contributed by atoms with Gasteiger partial charge in [-0.2, -0.15) is 0 Å². The molecular formula is C16H33NO2S. The van der Waals surface area contributed by atoms with Crippen molar-refractivity contribution in [2.24, 2.45) is 23.7 Å². The summed E-state index contributed by atoms with van der Waals surface area (Å²) in [4.78, 5) is 0. The lowest BCUT2D eigenvalue weighted by Crippen LogP contribution is -2.34.